The van der Waals surface area contributed by atoms with Crippen molar-refractivity contribution in [1.82, 2.24) is 4.90 Å². The number of alkyl halides is 1. The molecule has 0 aromatic heterocycles. The molecule has 14 heavy (non-hydrogen) atoms. The lowest BCUT2D eigenvalue weighted by Gasteiger charge is -2.19. The normalized spacial score (nSPS) is 23.9. The van der Waals surface area contributed by atoms with Crippen molar-refractivity contribution >= 4 is 21.8 Å². The number of halogens is 1. The average molecular weight is 262 g/mol. The van der Waals surface area contributed by atoms with Crippen molar-refractivity contribution in [2.75, 3.05) is 13.1 Å². The first-order valence-corrected chi connectivity index (χ1v) is 6.53. The van der Waals surface area contributed by atoms with Crippen LogP contribution in [-0.4, -0.2) is 28.7 Å². The zero-order chi connectivity index (χ0) is 10.6. The lowest BCUT2D eigenvalue weighted by molar-refractivity contribution is -0.129. The van der Waals surface area contributed by atoms with E-state index in [1.165, 1.54) is 19.3 Å². The van der Waals surface area contributed by atoms with Gasteiger partial charge in [0.05, 0.1) is 4.83 Å². The summed E-state index contributed by atoms with van der Waals surface area (Å²) < 4.78 is 0. The van der Waals surface area contributed by atoms with Gasteiger partial charge in [0.15, 0.2) is 0 Å². The monoisotopic (exact) mass is 261 g/mol. The lowest BCUT2D eigenvalue weighted by Crippen LogP contribution is -2.34. The largest absolute Gasteiger partial charge is 0.341 e. The summed E-state index contributed by atoms with van der Waals surface area (Å²) in [5.74, 6) is 1.03. The Morgan fingerprint density at radius 2 is 2.29 bits per heavy atom. The van der Waals surface area contributed by atoms with Crippen LogP contribution < -0.4 is 0 Å². The summed E-state index contributed by atoms with van der Waals surface area (Å²) in [5, 5.41) is 0. The molecule has 1 rings (SSSR count). The molecule has 3 heteroatoms. The Labute approximate surface area is 95.2 Å². The van der Waals surface area contributed by atoms with Crippen molar-refractivity contribution in [1.29, 1.82) is 0 Å². The maximum absolute atomic E-state index is 11.8. The standard InChI is InChI=1S/C11H20BrNO/c1-3-5-9-6-7-13(8-9)11(14)10(12)4-2/h9-10H,3-8H2,1-2H3. The highest BCUT2D eigenvalue weighted by molar-refractivity contribution is 9.10. The third-order valence-corrected chi connectivity index (χ3v) is 3.96. The second-order valence-electron chi connectivity index (χ2n) is 4.10. The molecule has 1 aliphatic rings. The van der Waals surface area contributed by atoms with Crippen molar-refractivity contribution in [2.24, 2.45) is 5.92 Å². The molecule has 1 aliphatic heterocycles. The fourth-order valence-electron chi connectivity index (χ4n) is 2.05. The summed E-state index contributed by atoms with van der Waals surface area (Å²) >= 11 is 3.42. The lowest BCUT2D eigenvalue weighted by atomic mass is 10.0. The highest BCUT2D eigenvalue weighted by atomic mass is 79.9. The maximum Gasteiger partial charge on any atom is 0.236 e. The van der Waals surface area contributed by atoms with Crippen LogP contribution in [0.2, 0.25) is 0 Å². The molecule has 0 saturated carbocycles. The van der Waals surface area contributed by atoms with Crippen LogP contribution in [0.1, 0.15) is 39.5 Å². The van der Waals surface area contributed by atoms with Crippen molar-refractivity contribution in [2.45, 2.75) is 44.4 Å². The summed E-state index contributed by atoms with van der Waals surface area (Å²) in [6.07, 6.45) is 4.58. The molecular weight excluding hydrogens is 242 g/mol. The Hall–Kier alpha value is -0.0500. The highest BCUT2D eigenvalue weighted by Crippen LogP contribution is 2.23. The fourth-order valence-corrected chi connectivity index (χ4v) is 2.34. The van der Waals surface area contributed by atoms with Gasteiger partial charge in [0.1, 0.15) is 0 Å². The predicted octanol–water partition coefficient (Wildman–Crippen LogP) is 2.81. The maximum atomic E-state index is 11.8. The Balaban J connectivity index is 2.37. The van der Waals surface area contributed by atoms with Gasteiger partial charge in [-0.1, -0.05) is 36.2 Å². The molecule has 1 heterocycles. The van der Waals surface area contributed by atoms with E-state index in [2.05, 4.69) is 22.9 Å². The van der Waals surface area contributed by atoms with Gasteiger partial charge in [-0.05, 0) is 25.2 Å². The minimum absolute atomic E-state index is 0.0304. The molecule has 0 aromatic rings. The molecule has 2 unspecified atom stereocenters. The van der Waals surface area contributed by atoms with Crippen LogP contribution in [0.5, 0.6) is 0 Å². The van der Waals surface area contributed by atoms with E-state index in [-0.39, 0.29) is 10.7 Å². The summed E-state index contributed by atoms with van der Waals surface area (Å²) in [6, 6.07) is 0. The molecule has 0 aromatic carbocycles. The van der Waals surface area contributed by atoms with E-state index in [0.717, 1.165) is 25.4 Å². The number of likely N-dealkylation sites (tertiary alicyclic amines) is 1. The van der Waals surface area contributed by atoms with Crippen LogP contribution in [0.25, 0.3) is 0 Å². The van der Waals surface area contributed by atoms with Gasteiger partial charge < -0.3 is 4.90 Å². The third kappa shape index (κ3) is 2.97. The fraction of sp³-hybridized carbons (Fsp3) is 0.909. The van der Waals surface area contributed by atoms with Crippen LogP contribution in [0.15, 0.2) is 0 Å². The minimum Gasteiger partial charge on any atom is -0.341 e. The number of amides is 1. The molecule has 0 aliphatic carbocycles. The molecule has 2 nitrogen and oxygen atoms in total. The number of rotatable bonds is 4. The summed E-state index contributed by atoms with van der Waals surface area (Å²) in [5.41, 5.74) is 0. The Morgan fingerprint density at radius 1 is 1.57 bits per heavy atom. The van der Waals surface area contributed by atoms with E-state index in [4.69, 9.17) is 0 Å². The van der Waals surface area contributed by atoms with Gasteiger partial charge in [-0.25, -0.2) is 0 Å². The molecule has 1 amide bonds. The van der Waals surface area contributed by atoms with E-state index >= 15 is 0 Å². The van der Waals surface area contributed by atoms with Gasteiger partial charge in [-0.3, -0.25) is 4.79 Å². The number of carbonyl (C=O) groups is 1. The molecule has 0 radical (unpaired) electrons. The Kier molecular flexibility index (Phi) is 4.93. The van der Waals surface area contributed by atoms with Crippen LogP contribution in [0.4, 0.5) is 0 Å². The topological polar surface area (TPSA) is 20.3 Å². The number of hydrogen-bond donors (Lipinski definition) is 0. The van der Waals surface area contributed by atoms with Gasteiger partial charge in [0.2, 0.25) is 5.91 Å². The highest BCUT2D eigenvalue weighted by Gasteiger charge is 2.28. The number of carbonyl (C=O) groups excluding carboxylic acids is 1. The van der Waals surface area contributed by atoms with Gasteiger partial charge >= 0.3 is 0 Å². The minimum atomic E-state index is 0.0304. The average Bonchev–Trinajstić information content (AvgIpc) is 2.64. The van der Waals surface area contributed by atoms with Crippen molar-refractivity contribution in [3.63, 3.8) is 0 Å². The van der Waals surface area contributed by atoms with E-state index in [1.54, 1.807) is 0 Å². The molecule has 0 N–H and O–H groups in total. The van der Waals surface area contributed by atoms with Crippen LogP contribution >= 0.6 is 15.9 Å². The first kappa shape index (κ1) is 12.0. The Bertz CT molecular complexity index is 196. The SMILES string of the molecule is CCCC1CCN(C(=O)C(Br)CC)C1. The predicted molar refractivity (Wildman–Crippen MR) is 62.6 cm³/mol. The van der Waals surface area contributed by atoms with E-state index < -0.39 is 0 Å². The Morgan fingerprint density at radius 3 is 2.86 bits per heavy atom. The van der Waals surface area contributed by atoms with Gasteiger partial charge in [0, 0.05) is 13.1 Å². The summed E-state index contributed by atoms with van der Waals surface area (Å²) in [4.78, 5) is 13.9. The van der Waals surface area contributed by atoms with E-state index in [1.807, 2.05) is 11.8 Å². The molecule has 1 saturated heterocycles. The molecule has 82 valence electrons. The summed E-state index contributed by atoms with van der Waals surface area (Å²) in [7, 11) is 0. The van der Waals surface area contributed by atoms with Crippen LogP contribution in [0.3, 0.4) is 0 Å². The van der Waals surface area contributed by atoms with Crippen molar-refractivity contribution in [3.05, 3.63) is 0 Å². The van der Waals surface area contributed by atoms with Crippen LogP contribution in [-0.2, 0) is 4.79 Å². The molecule has 0 bridgehead atoms. The smallest absolute Gasteiger partial charge is 0.236 e. The number of hydrogen-bond acceptors (Lipinski definition) is 1. The van der Waals surface area contributed by atoms with Gasteiger partial charge in [-0.15, -0.1) is 0 Å². The molecule has 0 spiro atoms. The van der Waals surface area contributed by atoms with Crippen LogP contribution in [0, 0.1) is 5.92 Å². The first-order valence-electron chi connectivity index (χ1n) is 5.61. The number of nitrogens with zero attached hydrogens (tertiary/aromatic N) is 1. The first-order chi connectivity index (χ1) is 6.69. The van der Waals surface area contributed by atoms with Gasteiger partial charge in [0.25, 0.3) is 0 Å². The third-order valence-electron chi connectivity index (χ3n) is 2.92. The quantitative estimate of drug-likeness (QED) is 0.713. The van der Waals surface area contributed by atoms with Gasteiger partial charge in [-0.2, -0.15) is 0 Å². The van der Waals surface area contributed by atoms with Crippen molar-refractivity contribution in [3.8, 4) is 0 Å². The molecule has 1 fully saturated rings. The zero-order valence-corrected chi connectivity index (χ0v) is 10.7. The second-order valence-corrected chi connectivity index (χ2v) is 5.21. The van der Waals surface area contributed by atoms with E-state index in [0.29, 0.717) is 0 Å². The molecular formula is C11H20BrNO. The summed E-state index contributed by atoms with van der Waals surface area (Å²) in [6.45, 7) is 6.20. The zero-order valence-electron chi connectivity index (χ0n) is 9.13. The van der Waals surface area contributed by atoms with E-state index in [9.17, 15) is 4.79 Å². The molecule has 2 atom stereocenters. The van der Waals surface area contributed by atoms with Crippen molar-refractivity contribution < 1.29 is 4.79 Å². The second kappa shape index (κ2) is 5.74.